The van der Waals surface area contributed by atoms with Gasteiger partial charge in [-0.1, -0.05) is 0 Å². The molecule has 1 atom stereocenters. The molecule has 1 aromatic heterocycles. The van der Waals surface area contributed by atoms with E-state index in [4.69, 9.17) is 10.2 Å². The molecule has 1 aromatic rings. The molecule has 96 valence electrons. The lowest BCUT2D eigenvalue weighted by Crippen LogP contribution is -2.41. The fourth-order valence-electron chi connectivity index (χ4n) is 1.07. The highest BCUT2D eigenvalue weighted by atomic mass is 79.9. The topological polar surface area (TPSA) is 104 Å². The van der Waals surface area contributed by atoms with E-state index in [0.29, 0.717) is 4.47 Å². The Kier molecular flexibility index (Phi) is 5.07. The number of hydrogen-bond acceptors (Lipinski definition) is 5. The molecule has 3 N–H and O–H groups in total. The summed E-state index contributed by atoms with van der Waals surface area (Å²) in [7, 11) is -3.88. The molecule has 0 fully saturated rings. The Morgan fingerprint density at radius 2 is 2.24 bits per heavy atom. The normalized spacial score (nSPS) is 13.5. The standard InChI is InChI=1S/C8H10BrNO5S2/c9-5-2-4-16-8(5)17(14,15)10-6(1-3-11)7(12)13/h2,4,6,10-11H,1,3H2,(H,12,13)/t6-/m0/s1. The van der Waals surface area contributed by atoms with Gasteiger partial charge in [-0.25, -0.2) is 8.42 Å². The van der Waals surface area contributed by atoms with Crippen LogP contribution >= 0.6 is 27.3 Å². The molecule has 0 amide bonds. The van der Waals surface area contributed by atoms with Crippen LogP contribution in [0.1, 0.15) is 6.42 Å². The molecule has 17 heavy (non-hydrogen) atoms. The van der Waals surface area contributed by atoms with Crippen molar-refractivity contribution < 1.29 is 23.4 Å². The molecule has 0 spiro atoms. The van der Waals surface area contributed by atoms with Gasteiger partial charge in [-0.3, -0.25) is 4.79 Å². The maximum atomic E-state index is 11.8. The number of halogens is 1. The van der Waals surface area contributed by atoms with Gasteiger partial charge in [0.1, 0.15) is 10.3 Å². The molecule has 0 bridgehead atoms. The molecule has 0 aliphatic heterocycles. The molecule has 0 radical (unpaired) electrons. The zero-order valence-electron chi connectivity index (χ0n) is 8.46. The van der Waals surface area contributed by atoms with Gasteiger partial charge in [-0.15, -0.1) is 11.3 Å². The summed E-state index contributed by atoms with van der Waals surface area (Å²) in [6, 6.07) is 0.222. The number of aliphatic hydroxyl groups is 1. The first-order valence-electron chi connectivity index (χ1n) is 4.47. The van der Waals surface area contributed by atoms with E-state index in [9.17, 15) is 13.2 Å². The number of aliphatic carboxylic acids is 1. The zero-order chi connectivity index (χ0) is 13.1. The molecular formula is C8H10BrNO5S2. The minimum absolute atomic E-state index is 0.0155. The first-order valence-corrected chi connectivity index (χ1v) is 7.63. The Hall–Kier alpha value is -0.480. The van der Waals surface area contributed by atoms with Crippen LogP contribution in [-0.4, -0.2) is 37.2 Å². The number of aliphatic hydroxyl groups excluding tert-OH is 1. The number of rotatable bonds is 6. The Morgan fingerprint density at radius 1 is 1.59 bits per heavy atom. The Morgan fingerprint density at radius 3 is 2.65 bits per heavy atom. The lowest BCUT2D eigenvalue weighted by atomic mass is 10.2. The third-order valence-electron chi connectivity index (χ3n) is 1.84. The molecule has 6 nitrogen and oxygen atoms in total. The third-order valence-corrected chi connectivity index (χ3v) is 5.98. The van der Waals surface area contributed by atoms with Crippen LogP contribution in [0.2, 0.25) is 0 Å². The number of thiophene rings is 1. The molecular weight excluding hydrogens is 334 g/mol. The zero-order valence-corrected chi connectivity index (χ0v) is 11.7. The lowest BCUT2D eigenvalue weighted by Gasteiger charge is -2.12. The third kappa shape index (κ3) is 3.75. The molecule has 9 heteroatoms. The smallest absolute Gasteiger partial charge is 0.321 e. The first kappa shape index (κ1) is 14.6. The van der Waals surface area contributed by atoms with Crippen LogP contribution in [0, 0.1) is 0 Å². The molecule has 0 aromatic carbocycles. The maximum Gasteiger partial charge on any atom is 0.321 e. The van der Waals surface area contributed by atoms with E-state index >= 15 is 0 Å². The molecule has 0 aliphatic rings. The molecule has 1 rings (SSSR count). The highest BCUT2D eigenvalue weighted by molar-refractivity contribution is 9.10. The fourth-order valence-corrected chi connectivity index (χ4v) is 4.65. The van der Waals surface area contributed by atoms with Crippen LogP contribution in [0.3, 0.4) is 0 Å². The summed E-state index contributed by atoms with van der Waals surface area (Å²) >= 11 is 4.04. The van der Waals surface area contributed by atoms with Gasteiger partial charge in [0.2, 0.25) is 0 Å². The summed E-state index contributed by atoms with van der Waals surface area (Å²) in [5, 5.41) is 19.0. The maximum absolute atomic E-state index is 11.8. The molecule has 0 aliphatic carbocycles. The summed E-state index contributed by atoms with van der Waals surface area (Å²) in [4.78, 5) is 10.8. The number of carboxylic acid groups (broad SMARTS) is 1. The van der Waals surface area contributed by atoms with Crippen molar-refractivity contribution >= 4 is 43.3 Å². The first-order chi connectivity index (χ1) is 7.88. The van der Waals surface area contributed by atoms with Gasteiger partial charge in [0.25, 0.3) is 10.0 Å². The summed E-state index contributed by atoms with van der Waals surface area (Å²) in [5.41, 5.74) is 0. The molecule has 0 unspecified atom stereocenters. The summed E-state index contributed by atoms with van der Waals surface area (Å²) in [6.45, 7) is -0.412. The highest BCUT2D eigenvalue weighted by Gasteiger charge is 2.27. The number of nitrogens with one attached hydrogen (secondary N) is 1. The quantitative estimate of drug-likeness (QED) is 0.702. The van der Waals surface area contributed by atoms with Gasteiger partial charge in [-0.05, 0) is 33.8 Å². The second-order valence-corrected chi connectivity index (χ2v) is 6.76. The van der Waals surface area contributed by atoms with E-state index in [1.165, 1.54) is 0 Å². The van der Waals surface area contributed by atoms with Crippen molar-refractivity contribution in [2.75, 3.05) is 6.61 Å². The van der Waals surface area contributed by atoms with Gasteiger partial charge < -0.3 is 10.2 Å². The van der Waals surface area contributed by atoms with E-state index in [1.54, 1.807) is 11.4 Å². The number of carbonyl (C=O) groups is 1. The van der Waals surface area contributed by atoms with Crippen molar-refractivity contribution in [1.29, 1.82) is 0 Å². The van der Waals surface area contributed by atoms with Crippen LogP contribution in [0.5, 0.6) is 0 Å². The minimum Gasteiger partial charge on any atom is -0.480 e. The second kappa shape index (κ2) is 5.91. The van der Waals surface area contributed by atoms with Crippen molar-refractivity contribution in [3.63, 3.8) is 0 Å². The second-order valence-electron chi connectivity index (χ2n) is 3.08. The Labute approximate surface area is 110 Å². The highest BCUT2D eigenvalue weighted by Crippen LogP contribution is 2.27. The minimum atomic E-state index is -3.88. The van der Waals surface area contributed by atoms with Crippen molar-refractivity contribution in [2.24, 2.45) is 0 Å². The number of carboxylic acids is 1. The van der Waals surface area contributed by atoms with Gasteiger partial charge in [0, 0.05) is 11.1 Å². The van der Waals surface area contributed by atoms with Crippen LogP contribution in [0.25, 0.3) is 0 Å². The van der Waals surface area contributed by atoms with Crippen molar-refractivity contribution in [2.45, 2.75) is 16.7 Å². The molecule has 0 saturated carbocycles. The van der Waals surface area contributed by atoms with Gasteiger partial charge >= 0.3 is 5.97 Å². The molecule has 1 heterocycles. The SMILES string of the molecule is O=C(O)[C@H](CCO)NS(=O)(=O)c1sccc1Br. The van der Waals surface area contributed by atoms with Crippen LogP contribution in [-0.2, 0) is 14.8 Å². The van der Waals surface area contributed by atoms with E-state index in [0.717, 1.165) is 11.3 Å². The summed E-state index contributed by atoms with van der Waals surface area (Å²) < 4.78 is 26.1. The van der Waals surface area contributed by atoms with Crippen molar-refractivity contribution in [3.05, 3.63) is 15.9 Å². The average molecular weight is 344 g/mol. The fraction of sp³-hybridized carbons (Fsp3) is 0.375. The number of hydrogen-bond donors (Lipinski definition) is 3. The molecule has 0 saturated heterocycles. The van der Waals surface area contributed by atoms with Crippen molar-refractivity contribution in [1.82, 2.24) is 4.72 Å². The van der Waals surface area contributed by atoms with Crippen molar-refractivity contribution in [3.8, 4) is 0 Å². The largest absolute Gasteiger partial charge is 0.480 e. The summed E-state index contributed by atoms with van der Waals surface area (Å²) in [6.07, 6.45) is -0.183. The van der Waals surface area contributed by atoms with Gasteiger partial charge in [0.05, 0.1) is 0 Å². The van der Waals surface area contributed by atoms with Gasteiger partial charge in [0.15, 0.2) is 0 Å². The van der Waals surface area contributed by atoms with E-state index in [2.05, 4.69) is 15.9 Å². The monoisotopic (exact) mass is 343 g/mol. The Bertz CT molecular complexity index is 498. The van der Waals surface area contributed by atoms with Crippen LogP contribution in [0.4, 0.5) is 0 Å². The summed E-state index contributed by atoms with van der Waals surface area (Å²) in [5.74, 6) is -1.32. The van der Waals surface area contributed by atoms with Crippen LogP contribution < -0.4 is 4.72 Å². The predicted molar refractivity (Wildman–Crippen MR) is 65.5 cm³/mol. The van der Waals surface area contributed by atoms with E-state index < -0.39 is 28.6 Å². The predicted octanol–water partition coefficient (Wildman–Crippen LogP) is 0.624. The Balaban J connectivity index is 2.93. The number of sulfonamides is 1. The lowest BCUT2D eigenvalue weighted by molar-refractivity contribution is -0.139. The van der Waals surface area contributed by atoms with E-state index in [1.807, 2.05) is 4.72 Å². The van der Waals surface area contributed by atoms with E-state index in [-0.39, 0.29) is 10.6 Å². The van der Waals surface area contributed by atoms with Crippen LogP contribution in [0.15, 0.2) is 20.1 Å². The average Bonchev–Trinajstić information content (AvgIpc) is 2.64. The van der Waals surface area contributed by atoms with Gasteiger partial charge in [-0.2, -0.15) is 4.72 Å².